The Morgan fingerprint density at radius 2 is 2.09 bits per heavy atom. The zero-order valence-electron chi connectivity index (χ0n) is 19.3. The van der Waals surface area contributed by atoms with Gasteiger partial charge >= 0.3 is 0 Å². The molecule has 5 aromatic rings. The Kier molecular flexibility index (Phi) is 5.63. The molecule has 3 heterocycles. The monoisotopic (exact) mass is 455 g/mol. The van der Waals surface area contributed by atoms with Gasteiger partial charge in [-0.05, 0) is 43.2 Å². The maximum absolute atomic E-state index is 13.0. The van der Waals surface area contributed by atoms with E-state index in [0.29, 0.717) is 23.9 Å². The highest BCUT2D eigenvalue weighted by Crippen LogP contribution is 2.27. The van der Waals surface area contributed by atoms with Crippen LogP contribution in [0, 0.1) is 13.8 Å². The number of H-pyrrole nitrogens is 1. The predicted molar refractivity (Wildman–Crippen MR) is 130 cm³/mol. The molecule has 5 rings (SSSR count). The van der Waals surface area contributed by atoms with Gasteiger partial charge in [-0.2, -0.15) is 5.10 Å². The predicted octanol–water partition coefficient (Wildman–Crippen LogP) is 5.14. The highest BCUT2D eigenvalue weighted by molar-refractivity contribution is 6.06. The van der Waals surface area contributed by atoms with Crippen molar-refractivity contribution in [2.24, 2.45) is 0 Å². The van der Waals surface area contributed by atoms with E-state index in [1.807, 2.05) is 66.5 Å². The number of hydrogen-bond acceptors (Lipinski definition) is 5. The smallest absolute Gasteiger partial charge is 0.278 e. The van der Waals surface area contributed by atoms with Crippen molar-refractivity contribution in [1.29, 1.82) is 0 Å². The second kappa shape index (κ2) is 8.90. The molecule has 2 aromatic carbocycles. The summed E-state index contributed by atoms with van der Waals surface area (Å²) < 4.78 is 12.9. The Morgan fingerprint density at radius 3 is 2.91 bits per heavy atom. The molecule has 8 nitrogen and oxygen atoms in total. The average molecular weight is 456 g/mol. The van der Waals surface area contributed by atoms with Crippen LogP contribution >= 0.6 is 0 Å². The minimum atomic E-state index is -0.336. The van der Waals surface area contributed by atoms with Crippen LogP contribution in [-0.2, 0) is 13.0 Å². The third-order valence-corrected chi connectivity index (χ3v) is 5.71. The standard InChI is InChI=1S/C26H25N5O3/c1-16-5-4-6-18(11-16)25-24(29-17(2)34-25)26(32)30-20-14-28-31(15-20)10-9-19-13-27-23-8-7-21(33-3)12-22(19)23/h4-8,11-15,27H,9-10H2,1-3H3,(H,30,32). The topological polar surface area (TPSA) is 98.0 Å². The van der Waals surface area contributed by atoms with E-state index in [4.69, 9.17) is 9.15 Å². The molecule has 0 unspecified atom stereocenters. The normalized spacial score (nSPS) is 11.1. The van der Waals surface area contributed by atoms with Crippen molar-refractivity contribution in [2.75, 3.05) is 12.4 Å². The molecular formula is C26H25N5O3. The lowest BCUT2D eigenvalue weighted by Crippen LogP contribution is -2.13. The van der Waals surface area contributed by atoms with Crippen molar-refractivity contribution < 1.29 is 13.9 Å². The van der Waals surface area contributed by atoms with Crippen LogP contribution in [0.4, 0.5) is 5.69 Å². The molecule has 0 spiro atoms. The highest BCUT2D eigenvalue weighted by Gasteiger charge is 2.21. The molecular weight excluding hydrogens is 430 g/mol. The Balaban J connectivity index is 1.29. The van der Waals surface area contributed by atoms with Gasteiger partial charge in [0.2, 0.25) is 0 Å². The zero-order valence-corrected chi connectivity index (χ0v) is 19.3. The molecule has 0 bridgehead atoms. The van der Waals surface area contributed by atoms with Gasteiger partial charge in [-0.15, -0.1) is 0 Å². The molecule has 3 aromatic heterocycles. The summed E-state index contributed by atoms with van der Waals surface area (Å²) in [6.45, 7) is 4.39. The molecule has 0 aliphatic heterocycles. The maximum Gasteiger partial charge on any atom is 0.278 e. The van der Waals surface area contributed by atoms with Crippen LogP contribution in [0.3, 0.4) is 0 Å². The van der Waals surface area contributed by atoms with Gasteiger partial charge in [0.05, 0.1) is 19.0 Å². The number of amides is 1. The van der Waals surface area contributed by atoms with Crippen LogP contribution in [0.25, 0.3) is 22.2 Å². The number of rotatable bonds is 7. The Morgan fingerprint density at radius 1 is 1.21 bits per heavy atom. The molecule has 0 saturated heterocycles. The van der Waals surface area contributed by atoms with Gasteiger partial charge in [0.15, 0.2) is 17.3 Å². The number of methoxy groups -OCH3 is 1. The number of aryl methyl sites for hydroxylation is 4. The van der Waals surface area contributed by atoms with Crippen LogP contribution < -0.4 is 10.1 Å². The summed E-state index contributed by atoms with van der Waals surface area (Å²) in [4.78, 5) is 20.6. The zero-order chi connectivity index (χ0) is 23.7. The van der Waals surface area contributed by atoms with Crippen LogP contribution in [0.2, 0.25) is 0 Å². The van der Waals surface area contributed by atoms with Crippen LogP contribution in [-0.4, -0.2) is 32.8 Å². The second-order valence-electron chi connectivity index (χ2n) is 8.20. The lowest BCUT2D eigenvalue weighted by molar-refractivity contribution is 0.102. The number of ether oxygens (including phenoxy) is 1. The van der Waals surface area contributed by atoms with Crippen LogP contribution in [0.15, 0.2) is 65.5 Å². The number of carbonyl (C=O) groups excluding carboxylic acids is 1. The molecule has 0 atom stereocenters. The number of carbonyl (C=O) groups is 1. The summed E-state index contributed by atoms with van der Waals surface area (Å²) in [5.41, 5.74) is 4.99. The SMILES string of the molecule is COc1ccc2[nH]cc(CCn3cc(NC(=O)c4nc(C)oc4-c4cccc(C)c4)cn3)c2c1. The Hall–Kier alpha value is -4.33. The minimum Gasteiger partial charge on any atom is -0.497 e. The van der Waals surface area contributed by atoms with Gasteiger partial charge in [-0.25, -0.2) is 4.98 Å². The summed E-state index contributed by atoms with van der Waals surface area (Å²) in [5.74, 6) is 1.38. The largest absolute Gasteiger partial charge is 0.497 e. The highest BCUT2D eigenvalue weighted by atomic mass is 16.5. The first-order chi connectivity index (χ1) is 16.5. The summed E-state index contributed by atoms with van der Waals surface area (Å²) in [5, 5.41) is 8.41. The number of hydrogen-bond donors (Lipinski definition) is 2. The van der Waals surface area contributed by atoms with Gasteiger partial charge < -0.3 is 19.5 Å². The number of oxazole rings is 1. The summed E-state index contributed by atoms with van der Waals surface area (Å²) in [7, 11) is 1.66. The van der Waals surface area contributed by atoms with E-state index in [1.54, 1.807) is 20.2 Å². The van der Waals surface area contributed by atoms with E-state index in [9.17, 15) is 4.79 Å². The van der Waals surface area contributed by atoms with Crippen molar-refractivity contribution >= 4 is 22.5 Å². The van der Waals surface area contributed by atoms with Crippen molar-refractivity contribution in [1.82, 2.24) is 19.7 Å². The molecule has 0 aliphatic carbocycles. The fraction of sp³-hybridized carbons (Fsp3) is 0.192. The lowest BCUT2D eigenvalue weighted by atomic mass is 10.1. The molecule has 0 radical (unpaired) electrons. The number of aromatic amines is 1. The molecule has 1 amide bonds. The fourth-order valence-corrected chi connectivity index (χ4v) is 4.03. The molecule has 0 fully saturated rings. The van der Waals surface area contributed by atoms with E-state index >= 15 is 0 Å². The van der Waals surface area contributed by atoms with Gasteiger partial charge in [0.25, 0.3) is 5.91 Å². The number of benzene rings is 2. The first-order valence-electron chi connectivity index (χ1n) is 11.0. The van der Waals surface area contributed by atoms with Gasteiger partial charge in [-0.1, -0.05) is 23.8 Å². The van der Waals surface area contributed by atoms with Crippen molar-refractivity contribution in [2.45, 2.75) is 26.8 Å². The number of fused-ring (bicyclic) bond motifs is 1. The molecule has 0 aliphatic rings. The maximum atomic E-state index is 13.0. The van der Waals surface area contributed by atoms with Crippen molar-refractivity contribution in [3.8, 4) is 17.1 Å². The third kappa shape index (κ3) is 4.30. The third-order valence-electron chi connectivity index (χ3n) is 5.71. The van der Waals surface area contributed by atoms with Crippen molar-refractivity contribution in [3.05, 3.63) is 83.8 Å². The molecule has 0 saturated carbocycles. The first-order valence-corrected chi connectivity index (χ1v) is 11.0. The molecule has 172 valence electrons. The molecule has 34 heavy (non-hydrogen) atoms. The quantitative estimate of drug-likeness (QED) is 0.354. The second-order valence-corrected chi connectivity index (χ2v) is 8.20. The average Bonchev–Trinajstić information content (AvgIpc) is 3.55. The first kappa shape index (κ1) is 21.5. The fourth-order valence-electron chi connectivity index (χ4n) is 4.03. The van der Waals surface area contributed by atoms with Gasteiger partial charge in [0, 0.05) is 42.3 Å². The van der Waals surface area contributed by atoms with Crippen LogP contribution in [0.5, 0.6) is 5.75 Å². The molecule has 2 N–H and O–H groups in total. The van der Waals surface area contributed by atoms with Gasteiger partial charge in [0.1, 0.15) is 5.75 Å². The Labute approximate surface area is 196 Å². The number of aromatic nitrogens is 4. The van der Waals surface area contributed by atoms with E-state index in [0.717, 1.165) is 34.2 Å². The number of anilines is 1. The lowest BCUT2D eigenvalue weighted by Gasteiger charge is -2.04. The summed E-state index contributed by atoms with van der Waals surface area (Å²) in [6.07, 6.45) is 6.24. The number of nitrogens with one attached hydrogen (secondary N) is 2. The van der Waals surface area contributed by atoms with Gasteiger partial charge in [-0.3, -0.25) is 9.48 Å². The summed E-state index contributed by atoms with van der Waals surface area (Å²) >= 11 is 0. The van der Waals surface area contributed by atoms with E-state index < -0.39 is 0 Å². The van der Waals surface area contributed by atoms with E-state index in [-0.39, 0.29) is 11.6 Å². The van der Waals surface area contributed by atoms with E-state index in [2.05, 4.69) is 20.4 Å². The molecule has 8 heteroatoms. The van der Waals surface area contributed by atoms with Crippen molar-refractivity contribution in [3.63, 3.8) is 0 Å². The minimum absolute atomic E-state index is 0.253. The summed E-state index contributed by atoms with van der Waals surface area (Å²) in [6, 6.07) is 13.8. The van der Waals surface area contributed by atoms with E-state index in [1.165, 1.54) is 5.56 Å². The number of nitrogens with zero attached hydrogens (tertiary/aromatic N) is 3. The van der Waals surface area contributed by atoms with Crippen LogP contribution in [0.1, 0.15) is 27.5 Å². The Bertz CT molecular complexity index is 1480.